The molecule has 1 aromatic carbocycles. The van der Waals surface area contributed by atoms with Crippen LogP contribution in [0.25, 0.3) is 10.9 Å². The highest BCUT2D eigenvalue weighted by Crippen LogP contribution is 2.40. The number of fused-ring (bicyclic) bond motifs is 3. The molecular weight excluding hydrogens is 468 g/mol. The first-order valence-corrected chi connectivity index (χ1v) is 11.0. The van der Waals surface area contributed by atoms with Gasteiger partial charge < -0.3 is 15.4 Å². The second-order valence-corrected chi connectivity index (χ2v) is 9.15. The quantitative estimate of drug-likeness (QED) is 0.558. The molecule has 0 radical (unpaired) electrons. The number of carbonyl (C=O) groups is 1. The van der Waals surface area contributed by atoms with Crippen molar-refractivity contribution in [2.75, 3.05) is 5.73 Å². The Bertz CT molecular complexity index is 1160. The van der Waals surface area contributed by atoms with Gasteiger partial charge in [-0.25, -0.2) is 4.98 Å². The highest BCUT2D eigenvalue weighted by Gasteiger charge is 2.35. The average molecular weight is 488 g/mol. The zero-order valence-corrected chi connectivity index (χ0v) is 18.7. The summed E-state index contributed by atoms with van der Waals surface area (Å²) in [6, 6.07) is 7.64. The molecule has 1 saturated carbocycles. The number of nitrogens with two attached hydrogens (primary N) is 1. The first-order valence-electron chi connectivity index (χ1n) is 9.87. The number of carbonyl (C=O) groups excluding carboxylic acids is 1. The van der Waals surface area contributed by atoms with Crippen molar-refractivity contribution in [2.24, 2.45) is 0 Å². The Labute approximate surface area is 187 Å². The van der Waals surface area contributed by atoms with E-state index in [0.717, 1.165) is 39.5 Å². The molecule has 1 atom stereocenters. The number of pyridine rings is 2. The van der Waals surface area contributed by atoms with E-state index >= 15 is 0 Å². The van der Waals surface area contributed by atoms with Gasteiger partial charge in [0.1, 0.15) is 5.82 Å². The van der Waals surface area contributed by atoms with E-state index in [4.69, 9.17) is 22.1 Å². The first-order chi connectivity index (χ1) is 14.4. The van der Waals surface area contributed by atoms with E-state index in [1.54, 1.807) is 12.3 Å². The number of aromatic nitrogens is 2. The topological polar surface area (TPSA) is 81.3 Å². The Morgan fingerprint density at radius 3 is 2.87 bits per heavy atom. The molecule has 2 aliphatic rings. The van der Waals surface area contributed by atoms with Crippen molar-refractivity contribution in [2.45, 2.75) is 45.1 Å². The second-order valence-electron chi connectivity index (χ2n) is 7.82. The maximum absolute atomic E-state index is 13.5. The second kappa shape index (κ2) is 7.48. The Hall–Kier alpha value is -2.22. The lowest BCUT2D eigenvalue weighted by atomic mass is 10.00. The smallest absolute Gasteiger partial charge is 0.255 e. The molecule has 1 aliphatic carbocycles. The van der Waals surface area contributed by atoms with Crippen LogP contribution in [-0.4, -0.2) is 26.8 Å². The number of nitrogens with zero attached hydrogens (tertiary/aromatic N) is 3. The minimum absolute atomic E-state index is 0.0911. The number of hydrogen-bond donors (Lipinski definition) is 1. The summed E-state index contributed by atoms with van der Waals surface area (Å²) in [5.74, 6) is 0.366. The maximum Gasteiger partial charge on any atom is 0.255 e. The lowest BCUT2D eigenvalue weighted by Gasteiger charge is -2.23. The van der Waals surface area contributed by atoms with Crippen molar-refractivity contribution < 1.29 is 9.53 Å². The summed E-state index contributed by atoms with van der Waals surface area (Å²) in [5, 5.41) is 1.24. The van der Waals surface area contributed by atoms with Crippen LogP contribution in [0.1, 0.15) is 53.0 Å². The molecule has 2 aromatic heterocycles. The van der Waals surface area contributed by atoms with Crippen molar-refractivity contribution >= 4 is 50.2 Å². The SMILES string of the molecule is CC1OCc2c1c(N)nc1cc(Cl)c(C(=O)N(Cc3ccc(Br)cn3)C3CC3)cc21. The molecule has 30 heavy (non-hydrogen) atoms. The third-order valence-electron chi connectivity index (χ3n) is 5.74. The van der Waals surface area contributed by atoms with Gasteiger partial charge in [-0.1, -0.05) is 11.6 Å². The molecule has 3 heterocycles. The molecule has 0 bridgehead atoms. The predicted octanol–water partition coefficient (Wildman–Crippen LogP) is 5.02. The summed E-state index contributed by atoms with van der Waals surface area (Å²) in [7, 11) is 0. The van der Waals surface area contributed by atoms with Crippen molar-refractivity contribution in [3.63, 3.8) is 0 Å². The summed E-state index contributed by atoms with van der Waals surface area (Å²) >= 11 is 9.94. The van der Waals surface area contributed by atoms with Crippen LogP contribution >= 0.6 is 27.5 Å². The van der Waals surface area contributed by atoms with Crippen molar-refractivity contribution in [3.05, 3.63) is 62.3 Å². The minimum Gasteiger partial charge on any atom is -0.383 e. The van der Waals surface area contributed by atoms with Gasteiger partial charge in [-0.05, 0) is 65.5 Å². The number of ether oxygens (including phenoxy) is 1. The van der Waals surface area contributed by atoms with E-state index in [1.807, 2.05) is 30.0 Å². The van der Waals surface area contributed by atoms with E-state index in [-0.39, 0.29) is 18.1 Å². The van der Waals surface area contributed by atoms with E-state index in [9.17, 15) is 4.79 Å². The molecule has 0 spiro atoms. The molecule has 8 heteroatoms. The number of rotatable bonds is 4. The van der Waals surface area contributed by atoms with E-state index in [0.29, 0.717) is 35.1 Å². The largest absolute Gasteiger partial charge is 0.383 e. The summed E-state index contributed by atoms with van der Waals surface area (Å²) in [6.45, 7) is 2.85. The molecule has 2 N–H and O–H groups in total. The van der Waals surface area contributed by atoms with E-state index in [2.05, 4.69) is 25.9 Å². The Morgan fingerprint density at radius 2 is 2.17 bits per heavy atom. The van der Waals surface area contributed by atoms with Crippen molar-refractivity contribution in [3.8, 4) is 0 Å². The lowest BCUT2D eigenvalue weighted by molar-refractivity contribution is 0.0727. The van der Waals surface area contributed by atoms with E-state index < -0.39 is 0 Å². The van der Waals surface area contributed by atoms with E-state index in [1.165, 1.54) is 0 Å². The van der Waals surface area contributed by atoms with Crippen LogP contribution in [0.15, 0.2) is 34.9 Å². The van der Waals surface area contributed by atoms with Gasteiger partial charge in [0.25, 0.3) is 5.91 Å². The minimum atomic E-state index is -0.113. The number of halogens is 2. The van der Waals surface area contributed by atoms with Crippen LogP contribution in [0.4, 0.5) is 5.82 Å². The van der Waals surface area contributed by atoms with Crippen molar-refractivity contribution in [1.82, 2.24) is 14.9 Å². The highest BCUT2D eigenvalue weighted by molar-refractivity contribution is 9.10. The van der Waals surface area contributed by atoms with Crippen LogP contribution in [0.3, 0.4) is 0 Å². The molecular formula is C22H20BrClN4O2. The molecule has 154 valence electrons. The van der Waals surface area contributed by atoms with Crippen LogP contribution in [0.2, 0.25) is 5.02 Å². The summed E-state index contributed by atoms with van der Waals surface area (Å²) in [6.07, 6.45) is 3.62. The number of nitrogen functional groups attached to an aromatic ring is 1. The standard InChI is InChI=1S/C22H20BrClN4O2/c1-11-20-17(10-30-11)15-6-16(18(24)7-19(15)27-21(20)25)22(29)28(14-4-5-14)9-13-3-2-12(23)8-26-13/h2-3,6-8,11,14H,4-5,9-10H2,1H3,(H2,25,27). The highest BCUT2D eigenvalue weighted by atomic mass is 79.9. The molecule has 5 rings (SSSR count). The van der Waals surface area contributed by atoms with Gasteiger partial charge in [-0.3, -0.25) is 9.78 Å². The fraction of sp³-hybridized carbons (Fsp3) is 0.318. The average Bonchev–Trinajstić information content (AvgIpc) is 3.48. The molecule has 1 amide bonds. The van der Waals surface area contributed by atoms with Gasteiger partial charge in [0.15, 0.2) is 0 Å². The predicted molar refractivity (Wildman–Crippen MR) is 119 cm³/mol. The maximum atomic E-state index is 13.5. The Morgan fingerprint density at radius 1 is 1.37 bits per heavy atom. The van der Waals surface area contributed by atoms with Gasteiger partial charge in [0, 0.05) is 27.7 Å². The zero-order valence-electron chi connectivity index (χ0n) is 16.4. The third-order valence-corrected chi connectivity index (χ3v) is 6.52. The van der Waals surface area contributed by atoms with Crippen LogP contribution in [-0.2, 0) is 17.9 Å². The summed E-state index contributed by atoms with van der Waals surface area (Å²) in [5.41, 5.74) is 10.0. The Kier molecular flexibility index (Phi) is 4.92. The monoisotopic (exact) mass is 486 g/mol. The molecule has 1 fully saturated rings. The molecule has 6 nitrogen and oxygen atoms in total. The van der Waals surface area contributed by atoms with Crippen molar-refractivity contribution in [1.29, 1.82) is 0 Å². The number of benzene rings is 1. The Balaban J connectivity index is 1.55. The normalized spacial score (nSPS) is 17.9. The van der Waals surface area contributed by atoms with Gasteiger partial charge >= 0.3 is 0 Å². The van der Waals surface area contributed by atoms with Gasteiger partial charge in [-0.2, -0.15) is 0 Å². The summed E-state index contributed by atoms with van der Waals surface area (Å²) in [4.78, 5) is 24.3. The number of anilines is 1. The van der Waals surface area contributed by atoms with Crippen LogP contribution in [0.5, 0.6) is 0 Å². The van der Waals surface area contributed by atoms with Crippen LogP contribution in [0, 0.1) is 0 Å². The number of hydrogen-bond acceptors (Lipinski definition) is 5. The third kappa shape index (κ3) is 3.45. The molecule has 1 aliphatic heterocycles. The number of amides is 1. The molecule has 3 aromatic rings. The summed E-state index contributed by atoms with van der Waals surface area (Å²) < 4.78 is 6.67. The van der Waals surface area contributed by atoms with Gasteiger partial charge in [0.05, 0.1) is 41.1 Å². The fourth-order valence-corrected chi connectivity index (χ4v) is 4.51. The lowest BCUT2D eigenvalue weighted by Crippen LogP contribution is -2.33. The van der Waals surface area contributed by atoms with Crippen LogP contribution < -0.4 is 5.73 Å². The zero-order chi connectivity index (χ0) is 21.0. The van der Waals surface area contributed by atoms with Gasteiger partial charge in [-0.15, -0.1) is 0 Å². The molecule has 1 unspecified atom stereocenters. The fourth-order valence-electron chi connectivity index (χ4n) is 4.03. The molecule has 0 saturated heterocycles. The van der Waals surface area contributed by atoms with Gasteiger partial charge in [0.2, 0.25) is 0 Å². The first kappa shape index (κ1) is 19.7.